The zero-order valence-electron chi connectivity index (χ0n) is 12.9. The fourth-order valence-electron chi connectivity index (χ4n) is 3.23. The molecule has 3 aromatic rings. The van der Waals surface area contributed by atoms with Gasteiger partial charge in [0.15, 0.2) is 0 Å². The molecule has 1 aliphatic rings. The van der Waals surface area contributed by atoms with Crippen LogP contribution in [0.5, 0.6) is 11.5 Å². The number of halogens is 2. The molecule has 0 aliphatic carbocycles. The first-order valence-electron chi connectivity index (χ1n) is 7.63. The summed E-state index contributed by atoms with van der Waals surface area (Å²) in [5.74, 6) is 0.321. The lowest BCUT2D eigenvalue weighted by Gasteiger charge is -2.29. The Morgan fingerprint density at radius 2 is 1.40 bits per heavy atom. The Labute approximate surface area is 161 Å². The van der Waals surface area contributed by atoms with E-state index in [2.05, 4.69) is 31.9 Å². The van der Waals surface area contributed by atoms with Gasteiger partial charge in [-0.05, 0) is 35.9 Å². The summed E-state index contributed by atoms with van der Waals surface area (Å²) in [7, 11) is 0. The van der Waals surface area contributed by atoms with E-state index in [0.29, 0.717) is 5.56 Å². The molecule has 0 saturated carbocycles. The Morgan fingerprint density at radius 3 is 1.96 bits per heavy atom. The number of aromatic carboxylic acids is 1. The molecule has 0 fully saturated rings. The topological polar surface area (TPSA) is 46.5 Å². The average Bonchev–Trinajstić information content (AvgIpc) is 2.59. The molecular weight excluding hydrogens is 448 g/mol. The highest BCUT2D eigenvalue weighted by molar-refractivity contribution is 9.10. The summed E-state index contributed by atoms with van der Waals surface area (Å²) in [4.78, 5) is 11.8. The Hall–Kier alpha value is -2.11. The zero-order chi connectivity index (χ0) is 17.6. The highest BCUT2D eigenvalue weighted by atomic mass is 79.9. The Morgan fingerprint density at radius 1 is 0.840 bits per heavy atom. The molecular formula is C20H12Br2O3. The van der Waals surface area contributed by atoms with Gasteiger partial charge < -0.3 is 9.84 Å². The third kappa shape index (κ3) is 2.87. The van der Waals surface area contributed by atoms with Gasteiger partial charge >= 0.3 is 5.97 Å². The molecule has 0 bridgehead atoms. The standard InChI is InChI=1S/C20H12Br2O3/c21-11-5-7-15-17(9-11)25-18-10-12(22)6-8-16(18)19(15)13-3-1-2-4-14(13)20(23)24/h1-10,19H,(H,23,24). The SMILES string of the molecule is O=C(O)c1ccccc1C1c2ccc(Br)cc2Oc2cc(Br)ccc21. The summed E-state index contributed by atoms with van der Waals surface area (Å²) in [6.45, 7) is 0. The lowest BCUT2D eigenvalue weighted by Crippen LogP contribution is -2.15. The molecule has 0 saturated heterocycles. The van der Waals surface area contributed by atoms with E-state index < -0.39 is 5.97 Å². The maximum Gasteiger partial charge on any atom is 0.335 e. The molecule has 124 valence electrons. The van der Waals surface area contributed by atoms with Crippen LogP contribution in [0.4, 0.5) is 0 Å². The third-order valence-electron chi connectivity index (χ3n) is 4.30. The molecule has 25 heavy (non-hydrogen) atoms. The molecule has 1 N–H and O–H groups in total. The summed E-state index contributed by atoms with van der Waals surface area (Å²) in [6, 6.07) is 18.8. The van der Waals surface area contributed by atoms with Crippen LogP contribution in [0.25, 0.3) is 0 Å². The van der Waals surface area contributed by atoms with E-state index in [0.717, 1.165) is 37.1 Å². The van der Waals surface area contributed by atoms with Gasteiger partial charge in [-0.1, -0.05) is 62.2 Å². The number of carboxylic acid groups (broad SMARTS) is 1. The molecule has 1 heterocycles. The minimum Gasteiger partial charge on any atom is -0.478 e. The fraction of sp³-hybridized carbons (Fsp3) is 0.0500. The molecule has 0 atom stereocenters. The summed E-state index contributed by atoms with van der Waals surface area (Å²) in [6.07, 6.45) is 0. The van der Waals surface area contributed by atoms with Crippen LogP contribution >= 0.6 is 31.9 Å². The fourth-order valence-corrected chi connectivity index (χ4v) is 3.91. The van der Waals surface area contributed by atoms with E-state index in [4.69, 9.17) is 4.74 Å². The van der Waals surface area contributed by atoms with Crippen molar-refractivity contribution in [3.05, 3.63) is 91.9 Å². The number of carbonyl (C=O) groups is 1. The third-order valence-corrected chi connectivity index (χ3v) is 5.28. The van der Waals surface area contributed by atoms with Gasteiger partial charge in [-0.2, -0.15) is 0 Å². The molecule has 0 spiro atoms. The second-order valence-corrected chi connectivity index (χ2v) is 7.62. The smallest absolute Gasteiger partial charge is 0.335 e. The summed E-state index contributed by atoms with van der Waals surface area (Å²) in [5.41, 5.74) is 2.96. The van der Waals surface area contributed by atoms with E-state index in [1.54, 1.807) is 12.1 Å². The number of hydrogen-bond acceptors (Lipinski definition) is 2. The molecule has 0 radical (unpaired) electrons. The van der Waals surface area contributed by atoms with Crippen LogP contribution < -0.4 is 4.74 Å². The van der Waals surface area contributed by atoms with Crippen LogP contribution in [0, 0.1) is 0 Å². The predicted molar refractivity (Wildman–Crippen MR) is 103 cm³/mol. The van der Waals surface area contributed by atoms with Crippen molar-refractivity contribution in [3.63, 3.8) is 0 Å². The monoisotopic (exact) mass is 458 g/mol. The van der Waals surface area contributed by atoms with Gasteiger partial charge in [0, 0.05) is 26.0 Å². The molecule has 3 aromatic carbocycles. The van der Waals surface area contributed by atoms with Crippen LogP contribution in [0.1, 0.15) is 33.0 Å². The molecule has 0 aromatic heterocycles. The van der Waals surface area contributed by atoms with Gasteiger partial charge in [-0.15, -0.1) is 0 Å². The summed E-state index contributed by atoms with van der Waals surface area (Å²) < 4.78 is 7.91. The first-order valence-corrected chi connectivity index (χ1v) is 9.22. The van der Waals surface area contributed by atoms with Crippen molar-refractivity contribution in [3.8, 4) is 11.5 Å². The van der Waals surface area contributed by atoms with Gasteiger partial charge in [0.2, 0.25) is 0 Å². The second-order valence-electron chi connectivity index (χ2n) is 5.79. The molecule has 3 nitrogen and oxygen atoms in total. The zero-order valence-corrected chi connectivity index (χ0v) is 16.0. The van der Waals surface area contributed by atoms with Crippen LogP contribution in [0.3, 0.4) is 0 Å². The van der Waals surface area contributed by atoms with Crippen molar-refractivity contribution in [2.24, 2.45) is 0 Å². The van der Waals surface area contributed by atoms with Crippen molar-refractivity contribution in [2.75, 3.05) is 0 Å². The van der Waals surface area contributed by atoms with Crippen molar-refractivity contribution in [2.45, 2.75) is 5.92 Å². The van der Waals surface area contributed by atoms with E-state index in [1.165, 1.54) is 0 Å². The molecule has 0 unspecified atom stereocenters. The van der Waals surface area contributed by atoms with Gasteiger partial charge in [0.1, 0.15) is 11.5 Å². The first kappa shape index (κ1) is 16.4. The van der Waals surface area contributed by atoms with Crippen LogP contribution in [0.2, 0.25) is 0 Å². The molecule has 1 aliphatic heterocycles. The minimum atomic E-state index is -0.931. The minimum absolute atomic E-state index is 0.202. The Balaban J connectivity index is 2.01. The Bertz CT molecular complexity index is 946. The highest BCUT2D eigenvalue weighted by Gasteiger charge is 2.31. The quantitative estimate of drug-likeness (QED) is 0.388. The summed E-state index contributed by atoms with van der Waals surface area (Å²) in [5, 5.41) is 9.63. The Kier molecular flexibility index (Phi) is 4.13. The van der Waals surface area contributed by atoms with E-state index in [-0.39, 0.29) is 5.92 Å². The van der Waals surface area contributed by atoms with E-state index >= 15 is 0 Å². The van der Waals surface area contributed by atoms with Crippen LogP contribution in [-0.2, 0) is 0 Å². The number of hydrogen-bond donors (Lipinski definition) is 1. The van der Waals surface area contributed by atoms with Crippen molar-refractivity contribution in [1.29, 1.82) is 0 Å². The number of benzene rings is 3. The lowest BCUT2D eigenvalue weighted by atomic mass is 9.81. The highest BCUT2D eigenvalue weighted by Crippen LogP contribution is 2.49. The van der Waals surface area contributed by atoms with Gasteiger partial charge in [0.25, 0.3) is 0 Å². The van der Waals surface area contributed by atoms with Crippen molar-refractivity contribution >= 4 is 37.8 Å². The maximum atomic E-state index is 11.8. The average molecular weight is 460 g/mol. The van der Waals surface area contributed by atoms with Crippen molar-refractivity contribution < 1.29 is 14.6 Å². The molecule has 0 amide bonds. The predicted octanol–water partition coefficient (Wildman–Crippen LogP) is 6.20. The maximum absolute atomic E-state index is 11.8. The van der Waals surface area contributed by atoms with Crippen molar-refractivity contribution in [1.82, 2.24) is 0 Å². The lowest BCUT2D eigenvalue weighted by molar-refractivity contribution is 0.0695. The van der Waals surface area contributed by atoms with Gasteiger partial charge in [-0.3, -0.25) is 0 Å². The number of fused-ring (bicyclic) bond motifs is 2. The number of rotatable bonds is 2. The largest absolute Gasteiger partial charge is 0.478 e. The second kappa shape index (κ2) is 6.32. The van der Waals surface area contributed by atoms with Gasteiger partial charge in [0.05, 0.1) is 5.56 Å². The molecule has 5 heteroatoms. The number of ether oxygens (including phenoxy) is 1. The van der Waals surface area contributed by atoms with Crippen LogP contribution in [-0.4, -0.2) is 11.1 Å². The van der Waals surface area contributed by atoms with E-state index in [9.17, 15) is 9.90 Å². The first-order chi connectivity index (χ1) is 12.0. The van der Waals surface area contributed by atoms with E-state index in [1.807, 2.05) is 48.5 Å². The van der Waals surface area contributed by atoms with Gasteiger partial charge in [-0.25, -0.2) is 4.79 Å². The molecule has 4 rings (SSSR count). The normalized spacial score (nSPS) is 12.9. The summed E-state index contributed by atoms with van der Waals surface area (Å²) >= 11 is 6.95. The number of carboxylic acids is 1. The van der Waals surface area contributed by atoms with Crippen LogP contribution in [0.15, 0.2) is 69.6 Å².